The van der Waals surface area contributed by atoms with Crippen LogP contribution in [0.15, 0.2) is 18.2 Å². The number of nitrogens with zero attached hydrogens (tertiary/aromatic N) is 1. The van der Waals surface area contributed by atoms with Crippen molar-refractivity contribution in [1.82, 2.24) is 5.32 Å². The highest BCUT2D eigenvalue weighted by Crippen LogP contribution is 2.14. The van der Waals surface area contributed by atoms with Gasteiger partial charge in [0.15, 0.2) is 0 Å². The summed E-state index contributed by atoms with van der Waals surface area (Å²) in [7, 11) is 0. The first kappa shape index (κ1) is 13.9. The second-order valence-electron chi connectivity index (χ2n) is 3.62. The second kappa shape index (κ2) is 7.22. The molecular weight excluding hydrogens is 240 g/mol. The Morgan fingerprint density at radius 1 is 1.33 bits per heavy atom. The number of hydrogen-bond acceptors (Lipinski definition) is 2. The number of nitriles is 1. The van der Waals surface area contributed by atoms with Gasteiger partial charge in [-0.15, -0.1) is 0 Å². The minimum Gasteiger partial charge on any atom is -0.338 e. The third-order valence-corrected chi connectivity index (χ3v) is 2.18. The van der Waals surface area contributed by atoms with Gasteiger partial charge in [0, 0.05) is 19.0 Å². The molecule has 0 radical (unpaired) electrons. The van der Waals surface area contributed by atoms with E-state index in [0.717, 1.165) is 12.1 Å². The van der Waals surface area contributed by atoms with Crippen LogP contribution in [0.5, 0.6) is 0 Å². The summed E-state index contributed by atoms with van der Waals surface area (Å²) in [5.74, 6) is -1.52. The molecule has 0 heterocycles. The minimum absolute atomic E-state index is 0.0778. The summed E-state index contributed by atoms with van der Waals surface area (Å²) in [6.07, 6.45) is 1.81. The number of halogens is 2. The summed E-state index contributed by atoms with van der Waals surface area (Å²) in [5, 5.41) is 13.1. The van der Waals surface area contributed by atoms with Gasteiger partial charge < -0.3 is 10.6 Å². The van der Waals surface area contributed by atoms with Crippen molar-refractivity contribution in [3.8, 4) is 6.07 Å². The molecule has 0 aliphatic carbocycles. The lowest BCUT2D eigenvalue weighted by molar-refractivity contribution is 0.252. The van der Waals surface area contributed by atoms with Crippen LogP contribution in [0.1, 0.15) is 19.3 Å². The molecule has 1 aromatic rings. The van der Waals surface area contributed by atoms with E-state index in [0.29, 0.717) is 31.9 Å². The van der Waals surface area contributed by atoms with Crippen molar-refractivity contribution >= 4 is 11.7 Å². The summed E-state index contributed by atoms with van der Waals surface area (Å²) in [6, 6.07) is 4.35. The van der Waals surface area contributed by atoms with Gasteiger partial charge in [-0.1, -0.05) is 0 Å². The summed E-state index contributed by atoms with van der Waals surface area (Å²) >= 11 is 0. The van der Waals surface area contributed by atoms with Gasteiger partial charge >= 0.3 is 6.03 Å². The lowest BCUT2D eigenvalue weighted by Gasteiger charge is -2.07. The molecule has 96 valence electrons. The molecule has 0 saturated carbocycles. The molecule has 6 heteroatoms. The molecule has 0 atom stereocenters. The third kappa shape index (κ3) is 4.78. The van der Waals surface area contributed by atoms with Crippen LogP contribution in [0.3, 0.4) is 0 Å². The molecule has 0 bridgehead atoms. The van der Waals surface area contributed by atoms with Gasteiger partial charge in [-0.3, -0.25) is 0 Å². The lowest BCUT2D eigenvalue weighted by Crippen LogP contribution is -2.29. The van der Waals surface area contributed by atoms with E-state index < -0.39 is 17.7 Å². The van der Waals surface area contributed by atoms with Crippen molar-refractivity contribution in [2.75, 3.05) is 11.9 Å². The van der Waals surface area contributed by atoms with Crippen LogP contribution in [0.4, 0.5) is 19.3 Å². The summed E-state index contributed by atoms with van der Waals surface area (Å²) in [5.41, 5.74) is -0.0778. The number of hydrogen-bond donors (Lipinski definition) is 2. The van der Waals surface area contributed by atoms with E-state index in [9.17, 15) is 13.6 Å². The van der Waals surface area contributed by atoms with Gasteiger partial charge in [-0.2, -0.15) is 5.26 Å². The van der Waals surface area contributed by atoms with Gasteiger partial charge in [-0.25, -0.2) is 13.6 Å². The van der Waals surface area contributed by atoms with E-state index in [1.807, 2.05) is 6.07 Å². The van der Waals surface area contributed by atoms with Crippen molar-refractivity contribution in [3.63, 3.8) is 0 Å². The highest BCUT2D eigenvalue weighted by Gasteiger charge is 2.06. The van der Waals surface area contributed by atoms with Crippen LogP contribution in [0, 0.1) is 23.0 Å². The van der Waals surface area contributed by atoms with Gasteiger partial charge in [-0.05, 0) is 25.0 Å². The maximum atomic E-state index is 13.2. The summed E-state index contributed by atoms with van der Waals surface area (Å²) in [4.78, 5) is 11.3. The number of amides is 2. The smallest absolute Gasteiger partial charge is 0.319 e. The molecule has 0 aliphatic heterocycles. The maximum Gasteiger partial charge on any atom is 0.319 e. The Morgan fingerprint density at radius 2 is 2.11 bits per heavy atom. The third-order valence-electron chi connectivity index (χ3n) is 2.18. The van der Waals surface area contributed by atoms with Gasteiger partial charge in [0.25, 0.3) is 0 Å². The minimum atomic E-state index is -0.824. The Hall–Kier alpha value is -2.16. The van der Waals surface area contributed by atoms with Gasteiger partial charge in [0.2, 0.25) is 0 Å². The summed E-state index contributed by atoms with van der Waals surface area (Å²) < 4.78 is 25.8. The molecule has 2 N–H and O–H groups in total. The number of rotatable bonds is 5. The van der Waals surface area contributed by atoms with Crippen LogP contribution in [-0.2, 0) is 0 Å². The maximum absolute atomic E-state index is 13.2. The number of carbonyl (C=O) groups is 1. The molecule has 1 aromatic carbocycles. The zero-order chi connectivity index (χ0) is 13.4. The van der Waals surface area contributed by atoms with Crippen LogP contribution in [-0.4, -0.2) is 12.6 Å². The van der Waals surface area contributed by atoms with Crippen LogP contribution in [0.2, 0.25) is 0 Å². The number of anilines is 1. The standard InChI is InChI=1S/C12H13F2N3O/c13-9-4-5-11(10(14)8-9)17-12(18)16-7-3-1-2-6-15/h4-5,8H,1-3,7H2,(H2,16,17,18). The number of unbranched alkanes of at least 4 members (excludes halogenated alkanes) is 2. The highest BCUT2D eigenvalue weighted by atomic mass is 19.1. The summed E-state index contributed by atoms with van der Waals surface area (Å²) in [6.45, 7) is 0.399. The quantitative estimate of drug-likeness (QED) is 0.792. The topological polar surface area (TPSA) is 64.9 Å². The van der Waals surface area contributed by atoms with Crippen molar-refractivity contribution in [2.45, 2.75) is 19.3 Å². The molecule has 2 amide bonds. The Kier molecular flexibility index (Phi) is 5.58. The molecular formula is C12H13F2N3O. The van der Waals surface area contributed by atoms with Crippen molar-refractivity contribution in [3.05, 3.63) is 29.8 Å². The molecule has 0 saturated heterocycles. The van der Waals surface area contributed by atoms with E-state index in [1.54, 1.807) is 0 Å². The fourth-order valence-corrected chi connectivity index (χ4v) is 1.29. The molecule has 0 aliphatic rings. The Bertz CT molecular complexity index is 457. The van der Waals surface area contributed by atoms with Crippen molar-refractivity contribution < 1.29 is 13.6 Å². The zero-order valence-electron chi connectivity index (χ0n) is 9.67. The predicted molar refractivity (Wildman–Crippen MR) is 62.8 cm³/mol. The van der Waals surface area contributed by atoms with E-state index in [1.165, 1.54) is 0 Å². The largest absolute Gasteiger partial charge is 0.338 e. The average Bonchev–Trinajstić information content (AvgIpc) is 2.32. The van der Waals surface area contributed by atoms with E-state index in [-0.39, 0.29) is 5.69 Å². The first-order valence-electron chi connectivity index (χ1n) is 5.50. The fourth-order valence-electron chi connectivity index (χ4n) is 1.29. The Labute approximate surface area is 104 Å². The molecule has 0 spiro atoms. The highest BCUT2D eigenvalue weighted by molar-refractivity contribution is 5.89. The molecule has 0 fully saturated rings. The molecule has 1 rings (SSSR count). The predicted octanol–water partition coefficient (Wildman–Crippen LogP) is 2.78. The fraction of sp³-hybridized carbons (Fsp3) is 0.333. The number of carbonyl (C=O) groups excluding carboxylic acids is 1. The SMILES string of the molecule is N#CCCCCNC(=O)Nc1ccc(F)cc1F. The molecule has 4 nitrogen and oxygen atoms in total. The van der Waals surface area contributed by atoms with Crippen LogP contribution >= 0.6 is 0 Å². The van der Waals surface area contributed by atoms with Crippen molar-refractivity contribution in [2.24, 2.45) is 0 Å². The Morgan fingerprint density at radius 3 is 2.78 bits per heavy atom. The number of nitrogens with one attached hydrogen (secondary N) is 2. The molecule has 0 unspecified atom stereocenters. The number of benzene rings is 1. The average molecular weight is 253 g/mol. The number of urea groups is 1. The zero-order valence-corrected chi connectivity index (χ0v) is 9.67. The molecule has 0 aromatic heterocycles. The monoisotopic (exact) mass is 253 g/mol. The normalized spacial score (nSPS) is 9.61. The molecule has 18 heavy (non-hydrogen) atoms. The van der Waals surface area contributed by atoms with Crippen LogP contribution in [0.25, 0.3) is 0 Å². The second-order valence-corrected chi connectivity index (χ2v) is 3.62. The van der Waals surface area contributed by atoms with E-state index in [2.05, 4.69) is 10.6 Å². The van der Waals surface area contributed by atoms with Crippen molar-refractivity contribution in [1.29, 1.82) is 5.26 Å². The first-order valence-corrected chi connectivity index (χ1v) is 5.50. The first-order chi connectivity index (χ1) is 8.63. The van der Waals surface area contributed by atoms with Gasteiger partial charge in [0.1, 0.15) is 11.6 Å². The van der Waals surface area contributed by atoms with E-state index in [4.69, 9.17) is 5.26 Å². The lowest BCUT2D eigenvalue weighted by atomic mass is 10.2. The van der Waals surface area contributed by atoms with Crippen LogP contribution < -0.4 is 10.6 Å². The van der Waals surface area contributed by atoms with Gasteiger partial charge in [0.05, 0.1) is 11.8 Å². The van der Waals surface area contributed by atoms with E-state index >= 15 is 0 Å². The Balaban J connectivity index is 2.34.